The van der Waals surface area contributed by atoms with Gasteiger partial charge in [-0.2, -0.15) is 0 Å². The topological polar surface area (TPSA) is 179 Å². The highest BCUT2D eigenvalue weighted by Crippen LogP contribution is 2.48. The van der Waals surface area contributed by atoms with Crippen LogP contribution in [-0.2, 0) is 19.2 Å². The molecule has 51 heavy (non-hydrogen) atoms. The molecule has 0 radical (unpaired) electrons. The van der Waals surface area contributed by atoms with Crippen LogP contribution >= 0.6 is 0 Å². The lowest BCUT2D eigenvalue weighted by Gasteiger charge is -2.46. The first-order valence-electron chi connectivity index (χ1n) is 18.3. The van der Waals surface area contributed by atoms with E-state index in [4.69, 9.17) is 21.8 Å². The number of carbonyl (C=O) groups excluding carboxylic acids is 3. The molecule has 4 aliphatic rings. The van der Waals surface area contributed by atoms with Gasteiger partial charge in [0, 0.05) is 61.5 Å². The molecule has 4 fully saturated rings. The van der Waals surface area contributed by atoms with Crippen LogP contribution in [0, 0.1) is 22.7 Å². The van der Waals surface area contributed by atoms with Crippen molar-refractivity contribution >= 4 is 47.2 Å². The van der Waals surface area contributed by atoms with Gasteiger partial charge in [-0.3, -0.25) is 19.6 Å². The summed E-state index contributed by atoms with van der Waals surface area (Å²) in [5.74, 6) is -1.65. The first-order valence-corrected chi connectivity index (χ1v) is 18.3. The average Bonchev–Trinajstić information content (AvgIpc) is 3.14. The Hall–Kier alpha value is -4.64. The van der Waals surface area contributed by atoms with Crippen molar-refractivity contribution in [2.45, 2.75) is 77.0 Å². The van der Waals surface area contributed by atoms with Crippen LogP contribution in [0.15, 0.2) is 60.7 Å². The average molecular weight is 700 g/mol. The third-order valence-electron chi connectivity index (χ3n) is 12.0. The summed E-state index contributed by atoms with van der Waals surface area (Å²) in [6, 6.07) is 15.9. The van der Waals surface area contributed by atoms with E-state index in [-0.39, 0.29) is 23.7 Å². The number of para-hydroxylation sites is 2. The Kier molecular flexibility index (Phi) is 12.6. The first-order chi connectivity index (χ1) is 24.5. The quantitative estimate of drug-likeness (QED) is 0.136. The summed E-state index contributed by atoms with van der Waals surface area (Å²) in [5.41, 5.74) is 17.3. The summed E-state index contributed by atoms with van der Waals surface area (Å²) >= 11 is 0. The zero-order chi connectivity index (χ0) is 36.4. The van der Waals surface area contributed by atoms with Gasteiger partial charge in [0.05, 0.1) is 0 Å². The van der Waals surface area contributed by atoms with E-state index in [1.807, 2.05) is 36.4 Å². The molecule has 2 heterocycles. The normalized spacial score (nSPS) is 21.7. The summed E-state index contributed by atoms with van der Waals surface area (Å²) in [5, 5.41) is 17.5. The number of primary amides is 2. The molecular formula is C40H53N5O6. The number of anilines is 2. The Labute approximate surface area is 300 Å². The van der Waals surface area contributed by atoms with Crippen LogP contribution in [-0.4, -0.2) is 60.2 Å². The largest absolute Gasteiger partial charge is 0.478 e. The van der Waals surface area contributed by atoms with Gasteiger partial charge in [-0.25, -0.2) is 10.3 Å². The second-order valence-corrected chi connectivity index (χ2v) is 14.9. The van der Waals surface area contributed by atoms with Gasteiger partial charge in [-0.15, -0.1) is 0 Å². The van der Waals surface area contributed by atoms with E-state index in [0.29, 0.717) is 10.8 Å². The fourth-order valence-electron chi connectivity index (χ4n) is 8.67. The minimum absolute atomic E-state index is 0.0576. The van der Waals surface area contributed by atoms with Crippen molar-refractivity contribution in [1.29, 1.82) is 0 Å². The summed E-state index contributed by atoms with van der Waals surface area (Å²) in [7, 11) is 0. The molecule has 2 saturated heterocycles. The number of carboxylic acid groups (broad SMARTS) is 1. The molecule has 2 aromatic carbocycles. The van der Waals surface area contributed by atoms with Gasteiger partial charge in [-0.1, -0.05) is 36.4 Å². The van der Waals surface area contributed by atoms with E-state index < -0.39 is 11.9 Å². The van der Waals surface area contributed by atoms with Crippen LogP contribution < -0.4 is 26.7 Å². The number of benzene rings is 2. The predicted octanol–water partition coefficient (Wildman–Crippen LogP) is 5.51. The lowest BCUT2D eigenvalue weighted by molar-refractivity contribution is -0.131. The number of nitrogens with one attached hydrogen (secondary N) is 1. The summed E-state index contributed by atoms with van der Waals surface area (Å²) < 4.78 is 0. The zero-order valence-electron chi connectivity index (χ0n) is 29.5. The highest BCUT2D eigenvalue weighted by molar-refractivity contribution is 5.92. The molecule has 274 valence electrons. The number of hydrogen-bond acceptors (Lipinski definition) is 7. The monoisotopic (exact) mass is 699 g/mol. The Morgan fingerprint density at radius 2 is 1.00 bits per heavy atom. The van der Waals surface area contributed by atoms with Gasteiger partial charge < -0.3 is 26.4 Å². The molecule has 0 bridgehead atoms. The number of hydroxylamine groups is 1. The van der Waals surface area contributed by atoms with Gasteiger partial charge in [0.15, 0.2) is 0 Å². The summed E-state index contributed by atoms with van der Waals surface area (Å²) in [4.78, 5) is 49.5. The van der Waals surface area contributed by atoms with Gasteiger partial charge >= 0.3 is 5.97 Å². The van der Waals surface area contributed by atoms with Crippen molar-refractivity contribution in [2.75, 3.05) is 36.0 Å². The molecule has 0 atom stereocenters. The molecular weight excluding hydrogens is 646 g/mol. The number of nitrogens with two attached hydrogens (primary N) is 2. The highest BCUT2D eigenvalue weighted by atomic mass is 16.5. The van der Waals surface area contributed by atoms with Crippen molar-refractivity contribution in [2.24, 2.45) is 34.1 Å². The number of carbonyl (C=O) groups is 4. The van der Waals surface area contributed by atoms with Crippen molar-refractivity contribution in [3.05, 3.63) is 71.8 Å². The molecule has 6 rings (SSSR count). The molecule has 3 amide bonds. The zero-order valence-corrected chi connectivity index (χ0v) is 29.5. The molecule has 11 nitrogen and oxygen atoms in total. The fourth-order valence-corrected chi connectivity index (χ4v) is 8.67. The van der Waals surface area contributed by atoms with E-state index in [1.54, 1.807) is 17.6 Å². The van der Waals surface area contributed by atoms with Crippen LogP contribution in [0.3, 0.4) is 0 Å². The predicted molar refractivity (Wildman–Crippen MR) is 199 cm³/mol. The van der Waals surface area contributed by atoms with Crippen molar-refractivity contribution in [3.8, 4) is 0 Å². The lowest BCUT2D eigenvalue weighted by Crippen LogP contribution is -2.43. The Bertz CT molecular complexity index is 1590. The smallest absolute Gasteiger partial charge is 0.328 e. The van der Waals surface area contributed by atoms with E-state index >= 15 is 0 Å². The summed E-state index contributed by atoms with van der Waals surface area (Å²) in [6.07, 6.45) is 18.4. The molecule has 2 aliphatic carbocycles. The number of hydrogen-bond donors (Lipinski definition) is 5. The third kappa shape index (κ3) is 9.78. The maximum atomic E-state index is 11.4. The number of rotatable bonds is 8. The number of carboxylic acids is 1. The highest BCUT2D eigenvalue weighted by Gasteiger charge is 2.40. The van der Waals surface area contributed by atoms with Gasteiger partial charge in [0.2, 0.25) is 11.8 Å². The third-order valence-corrected chi connectivity index (χ3v) is 12.0. The molecule has 2 aromatic rings. The van der Waals surface area contributed by atoms with Crippen LogP contribution in [0.1, 0.15) is 88.2 Å². The van der Waals surface area contributed by atoms with E-state index in [0.717, 1.165) is 126 Å². The molecule has 2 aliphatic heterocycles. The first kappa shape index (κ1) is 37.6. The minimum Gasteiger partial charge on any atom is -0.478 e. The van der Waals surface area contributed by atoms with Crippen LogP contribution in [0.4, 0.5) is 11.4 Å². The van der Waals surface area contributed by atoms with E-state index in [1.165, 1.54) is 12.2 Å². The second kappa shape index (κ2) is 17.0. The molecule has 2 spiro atoms. The lowest BCUT2D eigenvalue weighted by atomic mass is 9.65. The Morgan fingerprint density at radius 3 is 1.35 bits per heavy atom. The summed E-state index contributed by atoms with van der Waals surface area (Å²) in [6.45, 7) is 3.88. The van der Waals surface area contributed by atoms with Crippen molar-refractivity contribution in [3.63, 3.8) is 0 Å². The number of piperidine rings is 2. The fraction of sp³-hybridized carbons (Fsp3) is 0.500. The standard InChI is InChI=1S/C20H27N3O3.C20H26N2O3/c21-19(25)16-7-9-20(10-8-16)11-13-23(14-12-20)17-4-2-1-3-15(17)5-6-18(24)22-26;21-19(25)16-7-9-20(10-8-16)11-13-22(14-12-20)17-4-2-1-3-15(17)5-6-18(23)24/h1-6,16,26H,7-14H2,(H2,21,25)(H,22,24);1-6,16H,7-14H2,(H2,21,25)(H,23,24)/b2*6-5+. The molecule has 11 heteroatoms. The molecule has 0 unspecified atom stereocenters. The van der Waals surface area contributed by atoms with Gasteiger partial charge in [0.25, 0.3) is 5.91 Å². The number of nitrogens with zero attached hydrogens (tertiary/aromatic N) is 2. The van der Waals surface area contributed by atoms with Crippen molar-refractivity contribution in [1.82, 2.24) is 5.48 Å². The van der Waals surface area contributed by atoms with Crippen molar-refractivity contribution < 1.29 is 29.5 Å². The number of aliphatic carboxylic acids is 1. The number of amides is 3. The van der Waals surface area contributed by atoms with Crippen LogP contribution in [0.5, 0.6) is 0 Å². The SMILES string of the molecule is NC(=O)C1CCC2(CC1)CCN(c1ccccc1/C=C/C(=O)NO)CC2.NC(=O)C1CCC2(CC1)CCN(c1ccccc1/C=C/C(=O)O)CC2. The Morgan fingerprint density at radius 1 is 0.627 bits per heavy atom. The maximum Gasteiger partial charge on any atom is 0.328 e. The molecule has 0 aromatic heterocycles. The molecule has 7 N–H and O–H groups in total. The maximum absolute atomic E-state index is 11.4. The van der Waals surface area contributed by atoms with Crippen LogP contribution in [0.25, 0.3) is 12.2 Å². The van der Waals surface area contributed by atoms with Gasteiger partial charge in [-0.05, 0) is 123 Å². The Balaban J connectivity index is 0.000000198. The molecule has 2 saturated carbocycles. The van der Waals surface area contributed by atoms with Crippen LogP contribution in [0.2, 0.25) is 0 Å². The van der Waals surface area contributed by atoms with Gasteiger partial charge in [0.1, 0.15) is 0 Å². The minimum atomic E-state index is -0.932. The van der Waals surface area contributed by atoms with E-state index in [9.17, 15) is 19.2 Å². The second-order valence-electron chi connectivity index (χ2n) is 14.9. The van der Waals surface area contributed by atoms with E-state index in [2.05, 4.69) is 21.9 Å².